The molecule has 3 nitrogen and oxygen atoms in total. The van der Waals surface area contributed by atoms with Crippen molar-refractivity contribution in [2.75, 3.05) is 19.8 Å². The molecule has 5 heteroatoms. The number of ether oxygens (including phenoxy) is 1. The van der Waals surface area contributed by atoms with Crippen LogP contribution in [0.5, 0.6) is 0 Å². The number of nitriles is 1. The molecule has 0 aromatic rings. The van der Waals surface area contributed by atoms with E-state index in [4.69, 9.17) is 16.3 Å². The van der Waals surface area contributed by atoms with Crippen molar-refractivity contribution in [3.8, 4) is 6.07 Å². The molecule has 114 valence electrons. The van der Waals surface area contributed by atoms with Crippen LogP contribution in [0.3, 0.4) is 0 Å². The van der Waals surface area contributed by atoms with E-state index in [1.54, 1.807) is 6.08 Å². The van der Waals surface area contributed by atoms with Crippen molar-refractivity contribution >= 4 is 11.6 Å². The maximum absolute atomic E-state index is 14.3. The Balaban J connectivity index is 1.77. The van der Waals surface area contributed by atoms with Gasteiger partial charge in [0, 0.05) is 23.9 Å². The topological polar surface area (TPSA) is 45.0 Å². The van der Waals surface area contributed by atoms with Crippen molar-refractivity contribution in [1.82, 2.24) is 5.32 Å². The molecular weight excluding hydrogens is 291 g/mol. The highest BCUT2D eigenvalue weighted by molar-refractivity contribution is 6.22. The summed E-state index contributed by atoms with van der Waals surface area (Å²) in [5.41, 5.74) is 0.754. The van der Waals surface area contributed by atoms with Crippen molar-refractivity contribution in [1.29, 1.82) is 5.26 Å². The van der Waals surface area contributed by atoms with Crippen molar-refractivity contribution in [3.05, 3.63) is 23.6 Å². The average Bonchev–Trinajstić information content (AvgIpc) is 2.82. The van der Waals surface area contributed by atoms with Gasteiger partial charge in [0.1, 0.15) is 5.83 Å². The SMILES string of the molecule is CC1(CC2NCC(C3=C(F)C(Cl)CC=C3)C2C#N)COC1. The number of nitrogens with zero attached hydrogens (tertiary/aromatic N) is 1. The van der Waals surface area contributed by atoms with Gasteiger partial charge in [-0.15, -0.1) is 11.6 Å². The minimum absolute atomic E-state index is 0.0957. The molecule has 0 saturated carbocycles. The Labute approximate surface area is 129 Å². The minimum Gasteiger partial charge on any atom is -0.380 e. The lowest BCUT2D eigenvalue weighted by Gasteiger charge is -2.40. The summed E-state index contributed by atoms with van der Waals surface area (Å²) in [4.78, 5) is 0. The van der Waals surface area contributed by atoms with Crippen LogP contribution in [0.25, 0.3) is 0 Å². The Hall–Kier alpha value is -0.890. The standard InChI is InChI=1S/C16H20ClFN2O/c1-16(8-21-9-16)5-14-11(6-19)12(7-20-14)10-3-2-4-13(17)15(10)18/h2-3,11-14,20H,4-5,7-9H2,1H3. The fourth-order valence-electron chi connectivity index (χ4n) is 3.57. The lowest BCUT2D eigenvalue weighted by molar-refractivity contribution is -0.110. The molecule has 1 aliphatic carbocycles. The Bertz CT molecular complexity index is 521. The predicted octanol–water partition coefficient (Wildman–Crippen LogP) is 2.93. The molecule has 0 aromatic heterocycles. The van der Waals surface area contributed by atoms with E-state index in [9.17, 15) is 9.65 Å². The summed E-state index contributed by atoms with van der Waals surface area (Å²) in [5, 5.41) is 12.4. The molecule has 4 unspecified atom stereocenters. The number of hydrogen-bond acceptors (Lipinski definition) is 3. The molecule has 1 N–H and O–H groups in total. The summed E-state index contributed by atoms with van der Waals surface area (Å²) in [7, 11) is 0. The fourth-order valence-corrected chi connectivity index (χ4v) is 3.80. The average molecular weight is 311 g/mol. The van der Waals surface area contributed by atoms with Crippen molar-refractivity contribution in [3.63, 3.8) is 0 Å². The quantitative estimate of drug-likeness (QED) is 0.815. The van der Waals surface area contributed by atoms with E-state index in [-0.39, 0.29) is 29.1 Å². The van der Waals surface area contributed by atoms with Crippen LogP contribution >= 0.6 is 11.6 Å². The molecule has 0 spiro atoms. The van der Waals surface area contributed by atoms with Crippen LogP contribution in [0.2, 0.25) is 0 Å². The number of hydrogen-bond donors (Lipinski definition) is 1. The van der Waals surface area contributed by atoms with Crippen LogP contribution in [-0.4, -0.2) is 31.2 Å². The zero-order valence-corrected chi connectivity index (χ0v) is 12.9. The summed E-state index contributed by atoms with van der Waals surface area (Å²) in [5.74, 6) is -0.581. The molecule has 2 aliphatic heterocycles. The Morgan fingerprint density at radius 1 is 1.57 bits per heavy atom. The second kappa shape index (κ2) is 5.72. The Morgan fingerprint density at radius 3 is 2.95 bits per heavy atom. The van der Waals surface area contributed by atoms with E-state index in [1.165, 1.54) is 0 Å². The number of alkyl halides is 1. The molecule has 3 rings (SSSR count). The molecule has 0 aromatic carbocycles. The molecule has 0 bridgehead atoms. The third-order valence-electron chi connectivity index (χ3n) is 4.82. The minimum atomic E-state index is -0.582. The maximum atomic E-state index is 14.3. The largest absolute Gasteiger partial charge is 0.380 e. The van der Waals surface area contributed by atoms with Gasteiger partial charge in [-0.3, -0.25) is 0 Å². The second-order valence-corrected chi connectivity index (χ2v) is 7.22. The molecular formula is C16H20ClFN2O. The first kappa shape index (κ1) is 15.0. The van der Waals surface area contributed by atoms with Gasteiger partial charge >= 0.3 is 0 Å². The number of nitrogens with one attached hydrogen (secondary N) is 1. The molecule has 0 radical (unpaired) electrons. The summed E-state index contributed by atoms with van der Waals surface area (Å²) in [6.45, 7) is 4.30. The monoisotopic (exact) mass is 310 g/mol. The van der Waals surface area contributed by atoms with E-state index in [0.717, 1.165) is 19.6 Å². The van der Waals surface area contributed by atoms with E-state index in [2.05, 4.69) is 18.3 Å². The summed E-state index contributed by atoms with van der Waals surface area (Å²) in [6, 6.07) is 2.48. The van der Waals surface area contributed by atoms with Crippen molar-refractivity contribution in [2.24, 2.45) is 17.3 Å². The molecule has 0 amide bonds. The van der Waals surface area contributed by atoms with E-state index >= 15 is 0 Å². The Morgan fingerprint density at radius 2 is 2.33 bits per heavy atom. The van der Waals surface area contributed by atoms with Gasteiger partial charge in [-0.1, -0.05) is 19.1 Å². The smallest absolute Gasteiger partial charge is 0.122 e. The van der Waals surface area contributed by atoms with Crippen LogP contribution in [0.1, 0.15) is 19.8 Å². The van der Waals surface area contributed by atoms with Gasteiger partial charge in [-0.25, -0.2) is 4.39 Å². The number of rotatable bonds is 3. The highest BCUT2D eigenvalue weighted by atomic mass is 35.5. The molecule has 21 heavy (non-hydrogen) atoms. The van der Waals surface area contributed by atoms with Gasteiger partial charge in [-0.05, 0) is 18.4 Å². The first-order chi connectivity index (χ1) is 10.0. The van der Waals surface area contributed by atoms with Gasteiger partial charge in [0.05, 0.1) is 30.6 Å². The predicted molar refractivity (Wildman–Crippen MR) is 79.5 cm³/mol. The molecule has 2 fully saturated rings. The van der Waals surface area contributed by atoms with Crippen LogP contribution in [0.4, 0.5) is 4.39 Å². The maximum Gasteiger partial charge on any atom is 0.122 e. The molecule has 4 atom stereocenters. The molecule has 2 saturated heterocycles. The zero-order chi connectivity index (χ0) is 15.0. The fraction of sp³-hybridized carbons (Fsp3) is 0.688. The highest BCUT2D eigenvalue weighted by Crippen LogP contribution is 2.41. The van der Waals surface area contributed by atoms with Crippen LogP contribution in [0.15, 0.2) is 23.6 Å². The van der Waals surface area contributed by atoms with E-state index in [0.29, 0.717) is 18.5 Å². The van der Waals surface area contributed by atoms with Crippen molar-refractivity contribution in [2.45, 2.75) is 31.2 Å². The number of halogens is 2. The van der Waals surface area contributed by atoms with Gasteiger partial charge in [0.15, 0.2) is 0 Å². The Kier molecular flexibility index (Phi) is 4.09. The van der Waals surface area contributed by atoms with E-state index < -0.39 is 5.38 Å². The van der Waals surface area contributed by atoms with Crippen LogP contribution < -0.4 is 5.32 Å². The van der Waals surface area contributed by atoms with Gasteiger partial charge in [0.2, 0.25) is 0 Å². The van der Waals surface area contributed by atoms with Crippen LogP contribution in [-0.2, 0) is 4.74 Å². The van der Waals surface area contributed by atoms with Crippen LogP contribution in [0, 0.1) is 28.6 Å². The third-order valence-corrected chi connectivity index (χ3v) is 5.19. The summed E-state index contributed by atoms with van der Waals surface area (Å²) < 4.78 is 19.6. The van der Waals surface area contributed by atoms with E-state index in [1.807, 2.05) is 6.08 Å². The normalized spacial score (nSPS) is 38.2. The van der Waals surface area contributed by atoms with Gasteiger partial charge in [0.25, 0.3) is 0 Å². The second-order valence-electron chi connectivity index (χ2n) is 6.69. The van der Waals surface area contributed by atoms with Gasteiger partial charge < -0.3 is 10.1 Å². The molecule has 2 heterocycles. The first-order valence-electron chi connectivity index (χ1n) is 7.45. The lowest BCUT2D eigenvalue weighted by Crippen LogP contribution is -2.45. The summed E-state index contributed by atoms with van der Waals surface area (Å²) >= 11 is 6.00. The highest BCUT2D eigenvalue weighted by Gasteiger charge is 2.44. The third kappa shape index (κ3) is 2.75. The molecule has 3 aliphatic rings. The van der Waals surface area contributed by atoms with Gasteiger partial charge in [-0.2, -0.15) is 5.26 Å². The zero-order valence-electron chi connectivity index (χ0n) is 12.1. The van der Waals surface area contributed by atoms with Crippen molar-refractivity contribution < 1.29 is 9.13 Å². The number of allylic oxidation sites excluding steroid dienone is 3. The lowest BCUT2D eigenvalue weighted by atomic mass is 9.76. The first-order valence-corrected chi connectivity index (χ1v) is 7.89. The summed E-state index contributed by atoms with van der Waals surface area (Å²) in [6.07, 6.45) is 5.12.